The first kappa shape index (κ1) is 15.3. The number of methoxy groups -OCH3 is 1. The van der Waals surface area contributed by atoms with Gasteiger partial charge in [-0.1, -0.05) is 11.6 Å². The summed E-state index contributed by atoms with van der Waals surface area (Å²) < 4.78 is 5.02. The van der Waals surface area contributed by atoms with Crippen LogP contribution in [-0.4, -0.2) is 41.8 Å². The number of aliphatic carboxylic acids is 1. The van der Waals surface area contributed by atoms with E-state index in [1.807, 2.05) is 0 Å². The molecule has 0 heterocycles. The Morgan fingerprint density at radius 1 is 1.47 bits per heavy atom. The van der Waals surface area contributed by atoms with Gasteiger partial charge in [-0.05, 0) is 18.2 Å². The van der Waals surface area contributed by atoms with E-state index >= 15 is 0 Å². The molecular weight excluding hydrogens is 274 g/mol. The van der Waals surface area contributed by atoms with Crippen molar-refractivity contribution in [3.63, 3.8) is 0 Å². The quantitative estimate of drug-likeness (QED) is 0.723. The largest absolute Gasteiger partial charge is 0.496 e. The number of carbonyl (C=O) groups excluding carboxylic acids is 1. The number of hydrogen-bond acceptors (Lipinski definition) is 4. The molecule has 0 bridgehead atoms. The van der Waals surface area contributed by atoms with Gasteiger partial charge in [-0.15, -0.1) is 0 Å². The zero-order valence-electron chi connectivity index (χ0n) is 10.2. The molecule has 3 N–H and O–H groups in total. The second-order valence-corrected chi connectivity index (χ2v) is 4.18. The topological polar surface area (TPSA) is 95.9 Å². The molecule has 0 spiro atoms. The van der Waals surface area contributed by atoms with E-state index in [0.29, 0.717) is 10.8 Å². The van der Waals surface area contributed by atoms with Crippen molar-refractivity contribution >= 4 is 23.5 Å². The number of rotatable bonds is 6. The summed E-state index contributed by atoms with van der Waals surface area (Å²) in [6, 6.07) is 4.60. The van der Waals surface area contributed by atoms with E-state index in [0.717, 1.165) is 0 Å². The molecule has 0 radical (unpaired) electrons. The third-order valence-electron chi connectivity index (χ3n) is 2.39. The predicted octanol–water partition coefficient (Wildman–Crippen LogP) is 0.914. The highest BCUT2D eigenvalue weighted by atomic mass is 35.5. The van der Waals surface area contributed by atoms with Gasteiger partial charge in [0.1, 0.15) is 5.75 Å². The fourth-order valence-corrected chi connectivity index (χ4v) is 1.57. The summed E-state index contributed by atoms with van der Waals surface area (Å²) in [6.07, 6.45) is -1.58. The van der Waals surface area contributed by atoms with Gasteiger partial charge in [0.25, 0.3) is 5.91 Å². The van der Waals surface area contributed by atoms with Gasteiger partial charge in [-0.2, -0.15) is 0 Å². The van der Waals surface area contributed by atoms with E-state index in [1.54, 1.807) is 12.1 Å². The summed E-state index contributed by atoms with van der Waals surface area (Å²) >= 11 is 5.79. The fraction of sp³-hybridized carbons (Fsp3) is 0.333. The van der Waals surface area contributed by atoms with Gasteiger partial charge in [-0.25, -0.2) is 4.79 Å². The minimum atomic E-state index is -1.50. The van der Waals surface area contributed by atoms with E-state index in [2.05, 4.69) is 5.32 Å². The number of aliphatic hydroxyl groups excluding tert-OH is 1. The molecule has 1 rings (SSSR count). The molecule has 0 aliphatic rings. The first-order valence-electron chi connectivity index (χ1n) is 5.48. The fourth-order valence-electron chi connectivity index (χ4n) is 1.40. The van der Waals surface area contributed by atoms with Crippen LogP contribution in [0.2, 0.25) is 5.02 Å². The standard InChI is InChI=1S/C12H14ClNO5/c1-19-10-3-2-7(13)6-8(10)11(16)14-5-4-9(15)12(17)18/h2-3,6,9,15H,4-5H2,1H3,(H,14,16)(H,17,18)/t9-/m0/s1. The Morgan fingerprint density at radius 3 is 2.74 bits per heavy atom. The minimum Gasteiger partial charge on any atom is -0.496 e. The Hall–Kier alpha value is -1.79. The second-order valence-electron chi connectivity index (χ2n) is 3.74. The molecule has 0 aliphatic heterocycles. The number of ether oxygens (including phenoxy) is 1. The van der Waals surface area contributed by atoms with Gasteiger partial charge in [-0.3, -0.25) is 4.79 Å². The number of nitrogens with one attached hydrogen (secondary N) is 1. The van der Waals surface area contributed by atoms with E-state index in [-0.39, 0.29) is 18.5 Å². The van der Waals surface area contributed by atoms with Crippen LogP contribution >= 0.6 is 11.6 Å². The van der Waals surface area contributed by atoms with Crippen molar-refractivity contribution < 1.29 is 24.5 Å². The Labute approximate surface area is 114 Å². The molecule has 1 atom stereocenters. The number of halogens is 1. The number of aliphatic hydroxyl groups is 1. The van der Waals surface area contributed by atoms with Gasteiger partial charge in [0.15, 0.2) is 6.10 Å². The number of carboxylic acids is 1. The number of carboxylic acid groups (broad SMARTS) is 1. The lowest BCUT2D eigenvalue weighted by molar-refractivity contribution is -0.146. The van der Waals surface area contributed by atoms with Gasteiger partial charge < -0.3 is 20.3 Å². The first-order valence-corrected chi connectivity index (χ1v) is 5.86. The molecule has 6 nitrogen and oxygen atoms in total. The maximum absolute atomic E-state index is 11.8. The van der Waals surface area contributed by atoms with Gasteiger partial charge in [0.2, 0.25) is 0 Å². The van der Waals surface area contributed by atoms with Crippen molar-refractivity contribution in [3.8, 4) is 5.75 Å². The SMILES string of the molecule is COc1ccc(Cl)cc1C(=O)NCC[C@H](O)C(=O)O. The highest BCUT2D eigenvalue weighted by Crippen LogP contribution is 2.22. The number of amides is 1. The molecular formula is C12H14ClNO5. The average molecular weight is 288 g/mol. The molecule has 1 amide bonds. The summed E-state index contributed by atoms with van der Waals surface area (Å²) in [6.45, 7) is 0.0297. The lowest BCUT2D eigenvalue weighted by atomic mass is 10.2. The monoisotopic (exact) mass is 287 g/mol. The zero-order chi connectivity index (χ0) is 14.4. The van der Waals surface area contributed by atoms with Gasteiger partial charge >= 0.3 is 5.97 Å². The normalized spacial score (nSPS) is 11.7. The van der Waals surface area contributed by atoms with Crippen molar-refractivity contribution in [1.29, 1.82) is 0 Å². The van der Waals surface area contributed by atoms with Gasteiger partial charge in [0, 0.05) is 18.0 Å². The summed E-state index contributed by atoms with van der Waals surface area (Å²) in [5, 5.41) is 20.4. The summed E-state index contributed by atoms with van der Waals surface area (Å²) in [5.74, 6) is -1.41. The molecule has 0 saturated heterocycles. The molecule has 0 fully saturated rings. The van der Waals surface area contributed by atoms with Crippen LogP contribution in [0.5, 0.6) is 5.75 Å². The van der Waals surface area contributed by atoms with Crippen LogP contribution in [0.3, 0.4) is 0 Å². The maximum atomic E-state index is 11.8. The number of carbonyl (C=O) groups is 2. The van der Waals surface area contributed by atoms with Crippen LogP contribution in [0.15, 0.2) is 18.2 Å². The predicted molar refractivity (Wildman–Crippen MR) is 68.6 cm³/mol. The zero-order valence-corrected chi connectivity index (χ0v) is 11.0. The third-order valence-corrected chi connectivity index (χ3v) is 2.63. The average Bonchev–Trinajstić information content (AvgIpc) is 2.38. The van der Waals surface area contributed by atoms with Crippen LogP contribution < -0.4 is 10.1 Å². The molecule has 0 aliphatic carbocycles. The van der Waals surface area contributed by atoms with E-state index in [4.69, 9.17) is 26.6 Å². The Balaban J connectivity index is 2.63. The van der Waals surface area contributed by atoms with E-state index in [1.165, 1.54) is 13.2 Å². The number of benzene rings is 1. The Morgan fingerprint density at radius 2 is 2.16 bits per heavy atom. The molecule has 0 aromatic heterocycles. The van der Waals surface area contributed by atoms with Crippen LogP contribution in [0.25, 0.3) is 0 Å². The van der Waals surface area contributed by atoms with Crippen molar-refractivity contribution in [2.75, 3.05) is 13.7 Å². The van der Waals surface area contributed by atoms with Crippen LogP contribution in [0, 0.1) is 0 Å². The lowest BCUT2D eigenvalue weighted by Crippen LogP contribution is -2.30. The Kier molecular flexibility index (Phi) is 5.59. The lowest BCUT2D eigenvalue weighted by Gasteiger charge is -2.10. The molecule has 0 unspecified atom stereocenters. The van der Waals surface area contributed by atoms with E-state index < -0.39 is 18.0 Å². The van der Waals surface area contributed by atoms with Crippen molar-refractivity contribution in [3.05, 3.63) is 28.8 Å². The minimum absolute atomic E-state index is 0.0297. The van der Waals surface area contributed by atoms with E-state index in [9.17, 15) is 9.59 Å². The maximum Gasteiger partial charge on any atom is 0.332 e. The summed E-state index contributed by atoms with van der Waals surface area (Å²) in [4.78, 5) is 22.2. The van der Waals surface area contributed by atoms with Crippen LogP contribution in [-0.2, 0) is 4.79 Å². The van der Waals surface area contributed by atoms with Crippen molar-refractivity contribution in [2.24, 2.45) is 0 Å². The van der Waals surface area contributed by atoms with Crippen molar-refractivity contribution in [2.45, 2.75) is 12.5 Å². The van der Waals surface area contributed by atoms with Crippen LogP contribution in [0.1, 0.15) is 16.8 Å². The molecule has 19 heavy (non-hydrogen) atoms. The smallest absolute Gasteiger partial charge is 0.332 e. The molecule has 1 aromatic carbocycles. The first-order chi connectivity index (χ1) is 8.95. The highest BCUT2D eigenvalue weighted by molar-refractivity contribution is 6.31. The van der Waals surface area contributed by atoms with Crippen LogP contribution in [0.4, 0.5) is 0 Å². The molecule has 7 heteroatoms. The second kappa shape index (κ2) is 6.96. The molecule has 104 valence electrons. The Bertz CT molecular complexity index is 477. The van der Waals surface area contributed by atoms with Crippen molar-refractivity contribution in [1.82, 2.24) is 5.32 Å². The third kappa shape index (κ3) is 4.42. The summed E-state index contributed by atoms with van der Waals surface area (Å²) in [7, 11) is 1.42. The molecule has 0 saturated carbocycles. The highest BCUT2D eigenvalue weighted by Gasteiger charge is 2.15. The molecule has 1 aromatic rings. The van der Waals surface area contributed by atoms with Gasteiger partial charge in [0.05, 0.1) is 12.7 Å². The summed E-state index contributed by atoms with van der Waals surface area (Å²) in [5.41, 5.74) is 0.250. The number of hydrogen-bond donors (Lipinski definition) is 3.